The molecule has 3 aromatic rings. The Hall–Kier alpha value is -2.75. The van der Waals surface area contributed by atoms with Crippen molar-refractivity contribution >= 4 is 17.4 Å². The SMILES string of the molecule is Cc1nc([C@]2(c3cc(F)cc(F)c3)CNCC3N(Cc4ccccc4)C(=O)CN32)ns1. The van der Waals surface area contributed by atoms with Crippen LogP contribution in [0.15, 0.2) is 48.5 Å². The lowest BCUT2D eigenvalue weighted by Gasteiger charge is -2.48. The molecule has 0 spiro atoms. The third-order valence-corrected chi connectivity index (χ3v) is 6.60. The number of fused-ring (bicyclic) bond motifs is 1. The lowest BCUT2D eigenvalue weighted by atomic mass is 9.84. The lowest BCUT2D eigenvalue weighted by Crippen LogP contribution is -2.64. The van der Waals surface area contributed by atoms with Crippen molar-refractivity contribution in [2.45, 2.75) is 25.2 Å². The Kier molecular flexibility index (Phi) is 5.04. The monoisotopic (exact) mass is 441 g/mol. The maximum atomic E-state index is 14.3. The van der Waals surface area contributed by atoms with Gasteiger partial charge in [0.25, 0.3) is 0 Å². The van der Waals surface area contributed by atoms with E-state index in [4.69, 9.17) is 0 Å². The predicted molar refractivity (Wildman–Crippen MR) is 112 cm³/mol. The lowest BCUT2D eigenvalue weighted by molar-refractivity contribution is -0.128. The summed E-state index contributed by atoms with van der Waals surface area (Å²) < 4.78 is 33.0. The van der Waals surface area contributed by atoms with Crippen LogP contribution in [0.25, 0.3) is 0 Å². The molecule has 2 saturated heterocycles. The summed E-state index contributed by atoms with van der Waals surface area (Å²) in [7, 11) is 0. The second-order valence-corrected chi connectivity index (χ2v) is 8.86. The number of nitrogens with zero attached hydrogens (tertiary/aromatic N) is 4. The van der Waals surface area contributed by atoms with E-state index in [2.05, 4.69) is 14.7 Å². The van der Waals surface area contributed by atoms with Gasteiger partial charge in [-0.15, -0.1) is 0 Å². The molecule has 3 heterocycles. The van der Waals surface area contributed by atoms with E-state index in [1.54, 1.807) is 0 Å². The highest BCUT2D eigenvalue weighted by molar-refractivity contribution is 7.05. The average Bonchev–Trinajstić information content (AvgIpc) is 3.32. The highest BCUT2D eigenvalue weighted by Crippen LogP contribution is 2.41. The average molecular weight is 442 g/mol. The summed E-state index contributed by atoms with van der Waals surface area (Å²) in [5, 5.41) is 4.12. The van der Waals surface area contributed by atoms with Crippen molar-refractivity contribution in [3.05, 3.63) is 82.1 Å². The van der Waals surface area contributed by atoms with Gasteiger partial charge < -0.3 is 10.2 Å². The van der Waals surface area contributed by atoms with E-state index in [1.807, 2.05) is 47.1 Å². The van der Waals surface area contributed by atoms with Gasteiger partial charge in [0.1, 0.15) is 22.2 Å². The summed E-state index contributed by atoms with van der Waals surface area (Å²) in [4.78, 5) is 21.5. The standard InChI is InChI=1S/C22H21F2N5OS/c1-14-26-21(27-31-14)22(16-7-17(23)9-18(24)8-16)13-25-10-19-28(20(30)12-29(19)22)11-15-5-3-2-4-6-15/h2-9,19,25H,10-13H2,1H3/t19?,22-/m1/s1. The van der Waals surface area contributed by atoms with Crippen molar-refractivity contribution in [2.75, 3.05) is 19.6 Å². The summed E-state index contributed by atoms with van der Waals surface area (Å²) in [5.41, 5.74) is 0.361. The van der Waals surface area contributed by atoms with Crippen LogP contribution in [0.4, 0.5) is 8.78 Å². The van der Waals surface area contributed by atoms with Crippen molar-refractivity contribution < 1.29 is 13.6 Å². The van der Waals surface area contributed by atoms with E-state index in [0.717, 1.165) is 16.6 Å². The molecular formula is C22H21F2N5OS. The molecule has 1 amide bonds. The van der Waals surface area contributed by atoms with Gasteiger partial charge in [-0.05, 0) is 41.7 Å². The van der Waals surface area contributed by atoms with Gasteiger partial charge in [0.05, 0.1) is 12.7 Å². The van der Waals surface area contributed by atoms with Gasteiger partial charge in [0.15, 0.2) is 5.82 Å². The molecule has 31 heavy (non-hydrogen) atoms. The van der Waals surface area contributed by atoms with Crippen molar-refractivity contribution in [3.8, 4) is 0 Å². The minimum absolute atomic E-state index is 0.0363. The fourth-order valence-corrected chi connectivity index (χ4v) is 5.15. The first-order chi connectivity index (χ1) is 15.0. The molecule has 1 aromatic heterocycles. The van der Waals surface area contributed by atoms with Crippen molar-refractivity contribution in [2.24, 2.45) is 0 Å². The number of hydrogen-bond acceptors (Lipinski definition) is 6. The van der Waals surface area contributed by atoms with Crippen LogP contribution >= 0.6 is 11.5 Å². The molecule has 2 aromatic carbocycles. The molecule has 5 rings (SSSR count). The minimum Gasteiger partial charge on any atom is -0.320 e. The maximum absolute atomic E-state index is 14.3. The number of aromatic nitrogens is 2. The second-order valence-electron chi connectivity index (χ2n) is 7.90. The van der Waals surface area contributed by atoms with Crippen LogP contribution < -0.4 is 5.32 Å². The number of halogens is 2. The second kappa shape index (κ2) is 7.74. The number of carbonyl (C=O) groups excluding carboxylic acids is 1. The van der Waals surface area contributed by atoms with E-state index in [0.29, 0.717) is 31.0 Å². The van der Waals surface area contributed by atoms with E-state index < -0.39 is 17.2 Å². The van der Waals surface area contributed by atoms with Crippen LogP contribution in [-0.4, -0.2) is 50.9 Å². The summed E-state index contributed by atoms with van der Waals surface area (Å²) in [6.07, 6.45) is -0.295. The van der Waals surface area contributed by atoms with Gasteiger partial charge in [0.2, 0.25) is 5.91 Å². The third-order valence-electron chi connectivity index (χ3n) is 5.98. The molecule has 160 valence electrons. The van der Waals surface area contributed by atoms with Crippen LogP contribution in [0.5, 0.6) is 0 Å². The Labute approximate surface area is 182 Å². The number of carbonyl (C=O) groups is 1. The summed E-state index contributed by atoms with van der Waals surface area (Å²) in [5.74, 6) is -0.928. The zero-order chi connectivity index (χ0) is 21.6. The summed E-state index contributed by atoms with van der Waals surface area (Å²) in [6, 6.07) is 13.2. The van der Waals surface area contributed by atoms with Crippen LogP contribution in [0.1, 0.15) is 22.0 Å². The first kappa shape index (κ1) is 20.2. The number of nitrogens with one attached hydrogen (secondary N) is 1. The Morgan fingerprint density at radius 1 is 1.19 bits per heavy atom. The molecule has 1 unspecified atom stereocenters. The molecule has 0 bridgehead atoms. The molecule has 0 radical (unpaired) electrons. The van der Waals surface area contributed by atoms with Gasteiger partial charge in [-0.25, -0.2) is 13.8 Å². The molecule has 2 aliphatic rings. The van der Waals surface area contributed by atoms with E-state index in [-0.39, 0.29) is 18.6 Å². The quantitative estimate of drug-likeness (QED) is 0.675. The molecule has 6 nitrogen and oxygen atoms in total. The highest BCUT2D eigenvalue weighted by atomic mass is 32.1. The Bertz CT molecular complexity index is 1100. The van der Waals surface area contributed by atoms with Gasteiger partial charge in [-0.1, -0.05) is 30.3 Å². The van der Waals surface area contributed by atoms with Crippen molar-refractivity contribution in [1.29, 1.82) is 0 Å². The molecule has 0 aliphatic carbocycles. The molecule has 1 N–H and O–H groups in total. The predicted octanol–water partition coefficient (Wildman–Crippen LogP) is 2.64. The number of hydrogen-bond donors (Lipinski definition) is 1. The normalized spacial score (nSPS) is 23.9. The molecule has 2 aliphatic heterocycles. The topological polar surface area (TPSA) is 61.4 Å². The molecular weight excluding hydrogens is 420 g/mol. The zero-order valence-corrected chi connectivity index (χ0v) is 17.7. The van der Waals surface area contributed by atoms with Crippen molar-refractivity contribution in [1.82, 2.24) is 24.5 Å². The highest BCUT2D eigenvalue weighted by Gasteiger charge is 2.55. The van der Waals surface area contributed by atoms with Crippen LogP contribution in [0.3, 0.4) is 0 Å². The Balaban J connectivity index is 1.61. The zero-order valence-electron chi connectivity index (χ0n) is 16.9. The molecule has 9 heteroatoms. The van der Waals surface area contributed by atoms with Gasteiger partial charge in [-0.2, -0.15) is 4.37 Å². The minimum atomic E-state index is -1.06. The van der Waals surface area contributed by atoms with Crippen LogP contribution in [0, 0.1) is 18.6 Å². The summed E-state index contributed by atoms with van der Waals surface area (Å²) >= 11 is 1.24. The van der Waals surface area contributed by atoms with Gasteiger partial charge in [-0.3, -0.25) is 9.69 Å². The fourth-order valence-electron chi connectivity index (χ4n) is 4.61. The number of aryl methyl sites for hydroxylation is 1. The smallest absolute Gasteiger partial charge is 0.238 e. The number of amides is 1. The molecule has 2 atom stereocenters. The van der Waals surface area contributed by atoms with E-state index in [9.17, 15) is 13.6 Å². The Morgan fingerprint density at radius 2 is 1.94 bits per heavy atom. The number of piperazine rings is 1. The van der Waals surface area contributed by atoms with Gasteiger partial charge in [0, 0.05) is 25.7 Å². The first-order valence-electron chi connectivity index (χ1n) is 10.1. The number of rotatable bonds is 4. The van der Waals surface area contributed by atoms with E-state index in [1.165, 1.54) is 23.7 Å². The van der Waals surface area contributed by atoms with Gasteiger partial charge >= 0.3 is 0 Å². The summed E-state index contributed by atoms with van der Waals surface area (Å²) in [6.45, 7) is 3.30. The van der Waals surface area contributed by atoms with Crippen LogP contribution in [0.2, 0.25) is 0 Å². The van der Waals surface area contributed by atoms with E-state index >= 15 is 0 Å². The largest absolute Gasteiger partial charge is 0.320 e. The first-order valence-corrected chi connectivity index (χ1v) is 10.8. The molecule has 0 saturated carbocycles. The molecule has 2 fully saturated rings. The third kappa shape index (κ3) is 3.42. The van der Waals surface area contributed by atoms with Crippen LogP contribution in [-0.2, 0) is 16.9 Å². The maximum Gasteiger partial charge on any atom is 0.238 e. The fraction of sp³-hybridized carbons (Fsp3) is 0.318. The Morgan fingerprint density at radius 3 is 2.61 bits per heavy atom. The van der Waals surface area contributed by atoms with Crippen molar-refractivity contribution in [3.63, 3.8) is 0 Å². The number of benzene rings is 2.